The lowest BCUT2D eigenvalue weighted by Crippen LogP contribution is -1.93. The third-order valence-electron chi connectivity index (χ3n) is 4.36. The number of benzene rings is 3. The molecule has 3 aromatic carbocycles. The summed E-state index contributed by atoms with van der Waals surface area (Å²) in [7, 11) is 0. The fraction of sp³-hybridized carbons (Fsp3) is 0.0417. The number of fused-ring (bicyclic) bond motifs is 1. The Morgan fingerprint density at radius 3 is 2.41 bits per heavy atom. The zero-order chi connectivity index (χ0) is 20.2. The number of carbonyl (C=O) groups excluding carboxylic acids is 1. The summed E-state index contributed by atoms with van der Waals surface area (Å²) in [5, 5.41) is 2.26. The minimum atomic E-state index is -0.0745. The van der Waals surface area contributed by atoms with Crippen molar-refractivity contribution in [3.63, 3.8) is 0 Å². The largest absolute Gasteiger partial charge is 0.486 e. The summed E-state index contributed by atoms with van der Waals surface area (Å²) < 4.78 is 13.6. The van der Waals surface area contributed by atoms with Gasteiger partial charge in [-0.15, -0.1) is 0 Å². The van der Waals surface area contributed by atoms with Crippen LogP contribution in [-0.4, -0.2) is 5.78 Å². The highest BCUT2D eigenvalue weighted by atomic mass is 79.9. The average molecular weight is 512 g/mol. The van der Waals surface area contributed by atoms with E-state index in [1.807, 2.05) is 54.6 Å². The predicted octanol–water partition coefficient (Wildman–Crippen LogP) is 7.43. The summed E-state index contributed by atoms with van der Waals surface area (Å²) in [5.41, 5.74) is 0.628. The molecule has 0 aliphatic rings. The van der Waals surface area contributed by atoms with Crippen LogP contribution in [-0.2, 0) is 6.61 Å². The van der Waals surface area contributed by atoms with Gasteiger partial charge in [0.15, 0.2) is 5.78 Å². The maximum absolute atomic E-state index is 12.2. The Kier molecular flexibility index (Phi) is 5.97. The Hall–Kier alpha value is -2.63. The minimum Gasteiger partial charge on any atom is -0.486 e. The molecule has 0 aliphatic carbocycles. The number of ketones is 1. The normalized spacial score (nSPS) is 11.2. The Balaban J connectivity index is 1.38. The average Bonchev–Trinajstić information content (AvgIpc) is 3.19. The second kappa shape index (κ2) is 8.80. The standard InChI is InChI=1S/C24H16Br2O3/c25-19-5-1-16(2-6-19)24(27)12-11-21-9-10-23(29-21)15-28-22-8-4-17-13-20(26)7-3-18(17)14-22/h1-14H,15H2/b12-11+. The lowest BCUT2D eigenvalue weighted by molar-refractivity contribution is 0.104. The summed E-state index contributed by atoms with van der Waals surface area (Å²) in [6.07, 6.45) is 3.18. The first kappa shape index (κ1) is 19.7. The zero-order valence-electron chi connectivity index (χ0n) is 15.3. The van der Waals surface area contributed by atoms with Crippen LogP contribution in [0.4, 0.5) is 0 Å². The molecular formula is C24H16Br2O3. The summed E-state index contributed by atoms with van der Waals surface area (Å²) in [4.78, 5) is 12.2. The number of hydrogen-bond donors (Lipinski definition) is 0. The molecule has 0 unspecified atom stereocenters. The monoisotopic (exact) mass is 510 g/mol. The van der Waals surface area contributed by atoms with Crippen LogP contribution in [0.25, 0.3) is 16.8 Å². The molecule has 0 atom stereocenters. The second-order valence-corrected chi connectivity index (χ2v) is 8.28. The van der Waals surface area contributed by atoms with Crippen molar-refractivity contribution in [2.75, 3.05) is 0 Å². The van der Waals surface area contributed by atoms with Crippen molar-refractivity contribution < 1.29 is 13.9 Å². The van der Waals surface area contributed by atoms with E-state index in [4.69, 9.17) is 9.15 Å². The van der Waals surface area contributed by atoms with Crippen molar-refractivity contribution in [3.05, 3.63) is 105 Å². The van der Waals surface area contributed by atoms with Gasteiger partial charge in [-0.05, 0) is 83.6 Å². The van der Waals surface area contributed by atoms with Crippen molar-refractivity contribution >= 4 is 54.5 Å². The first-order valence-corrected chi connectivity index (χ1v) is 10.5. The molecule has 0 N–H and O–H groups in total. The molecule has 0 saturated carbocycles. The smallest absolute Gasteiger partial charge is 0.185 e. The third kappa shape index (κ3) is 5.05. The molecule has 0 radical (unpaired) electrons. The lowest BCUT2D eigenvalue weighted by Gasteiger charge is -2.06. The van der Waals surface area contributed by atoms with Gasteiger partial charge in [0.25, 0.3) is 0 Å². The Morgan fingerprint density at radius 2 is 1.59 bits per heavy atom. The fourth-order valence-corrected chi connectivity index (χ4v) is 3.51. The van der Waals surface area contributed by atoms with Gasteiger partial charge in [-0.2, -0.15) is 0 Å². The van der Waals surface area contributed by atoms with Crippen LogP contribution in [0.2, 0.25) is 0 Å². The molecule has 4 rings (SSSR count). The molecule has 3 nitrogen and oxygen atoms in total. The fourth-order valence-electron chi connectivity index (χ4n) is 2.87. The first-order valence-electron chi connectivity index (χ1n) is 8.96. The molecule has 29 heavy (non-hydrogen) atoms. The van der Waals surface area contributed by atoms with Crippen molar-refractivity contribution in [2.45, 2.75) is 6.61 Å². The maximum Gasteiger partial charge on any atom is 0.185 e. The van der Waals surface area contributed by atoms with Gasteiger partial charge in [0.05, 0.1) is 0 Å². The quantitative estimate of drug-likeness (QED) is 0.199. The molecule has 0 bridgehead atoms. The molecule has 1 aromatic heterocycles. The Morgan fingerprint density at radius 1 is 0.862 bits per heavy atom. The molecule has 0 spiro atoms. The number of hydrogen-bond acceptors (Lipinski definition) is 3. The van der Waals surface area contributed by atoms with Crippen LogP contribution in [0.1, 0.15) is 21.9 Å². The summed E-state index contributed by atoms with van der Waals surface area (Å²) in [6, 6.07) is 23.0. The molecule has 0 fully saturated rings. The van der Waals surface area contributed by atoms with Crippen molar-refractivity contribution in [1.29, 1.82) is 0 Å². The van der Waals surface area contributed by atoms with Crippen molar-refractivity contribution in [3.8, 4) is 5.75 Å². The van der Waals surface area contributed by atoms with E-state index in [0.717, 1.165) is 25.5 Å². The van der Waals surface area contributed by atoms with Crippen LogP contribution in [0.5, 0.6) is 5.75 Å². The number of ether oxygens (including phenoxy) is 1. The molecule has 1 heterocycles. The molecule has 5 heteroatoms. The Bertz CT molecular complexity index is 1190. The van der Waals surface area contributed by atoms with Gasteiger partial charge in [0.2, 0.25) is 0 Å². The highest BCUT2D eigenvalue weighted by Gasteiger charge is 2.05. The number of halogens is 2. The van der Waals surface area contributed by atoms with Gasteiger partial charge in [0.1, 0.15) is 23.9 Å². The molecule has 0 saturated heterocycles. The van der Waals surface area contributed by atoms with Crippen LogP contribution in [0.3, 0.4) is 0 Å². The van der Waals surface area contributed by atoms with Gasteiger partial charge in [0, 0.05) is 14.5 Å². The van der Waals surface area contributed by atoms with Gasteiger partial charge in [-0.3, -0.25) is 4.79 Å². The van der Waals surface area contributed by atoms with E-state index in [-0.39, 0.29) is 5.78 Å². The predicted molar refractivity (Wildman–Crippen MR) is 122 cm³/mol. The molecule has 0 aliphatic heterocycles. The molecule has 144 valence electrons. The van der Waals surface area contributed by atoms with Gasteiger partial charge < -0.3 is 9.15 Å². The Labute approximate surface area is 185 Å². The van der Waals surface area contributed by atoms with Crippen molar-refractivity contribution in [2.24, 2.45) is 0 Å². The van der Waals surface area contributed by atoms with E-state index >= 15 is 0 Å². The highest BCUT2D eigenvalue weighted by molar-refractivity contribution is 9.10. The zero-order valence-corrected chi connectivity index (χ0v) is 18.4. The van der Waals surface area contributed by atoms with Crippen LogP contribution in [0, 0.1) is 0 Å². The highest BCUT2D eigenvalue weighted by Crippen LogP contribution is 2.25. The van der Waals surface area contributed by atoms with E-state index in [9.17, 15) is 4.79 Å². The van der Waals surface area contributed by atoms with Crippen LogP contribution in [0.15, 0.2) is 92.2 Å². The van der Waals surface area contributed by atoms with E-state index in [1.54, 1.807) is 18.2 Å². The van der Waals surface area contributed by atoms with Crippen LogP contribution < -0.4 is 4.74 Å². The SMILES string of the molecule is O=C(/C=C/c1ccc(COc2ccc3cc(Br)ccc3c2)o1)c1ccc(Br)cc1. The summed E-state index contributed by atoms with van der Waals surface area (Å²) in [6.45, 7) is 0.316. The molecule has 4 aromatic rings. The number of carbonyl (C=O) groups is 1. The van der Waals surface area contributed by atoms with Crippen LogP contribution >= 0.6 is 31.9 Å². The molecular weight excluding hydrogens is 496 g/mol. The maximum atomic E-state index is 12.2. The van der Waals surface area contributed by atoms with E-state index in [0.29, 0.717) is 23.7 Å². The summed E-state index contributed by atoms with van der Waals surface area (Å²) in [5.74, 6) is 2.00. The summed E-state index contributed by atoms with van der Waals surface area (Å²) >= 11 is 6.84. The van der Waals surface area contributed by atoms with E-state index in [1.165, 1.54) is 6.08 Å². The number of furan rings is 1. The third-order valence-corrected chi connectivity index (χ3v) is 5.39. The lowest BCUT2D eigenvalue weighted by atomic mass is 10.1. The molecule has 0 amide bonds. The number of rotatable bonds is 6. The van der Waals surface area contributed by atoms with E-state index < -0.39 is 0 Å². The van der Waals surface area contributed by atoms with E-state index in [2.05, 4.69) is 37.9 Å². The topological polar surface area (TPSA) is 39.4 Å². The van der Waals surface area contributed by atoms with Crippen molar-refractivity contribution in [1.82, 2.24) is 0 Å². The minimum absolute atomic E-state index is 0.0745. The van der Waals surface area contributed by atoms with Gasteiger partial charge in [-0.25, -0.2) is 0 Å². The second-order valence-electron chi connectivity index (χ2n) is 6.45. The number of allylic oxidation sites excluding steroid dienone is 1. The first-order chi connectivity index (χ1) is 14.1. The van der Waals surface area contributed by atoms with Gasteiger partial charge in [-0.1, -0.05) is 44.0 Å². The van der Waals surface area contributed by atoms with Gasteiger partial charge >= 0.3 is 0 Å².